The Balaban J connectivity index is 2.28. The smallest absolute Gasteiger partial charge is 0.298 e. The number of alkyl halides is 3. The number of benzene rings is 1. The van der Waals surface area contributed by atoms with Crippen molar-refractivity contribution in [1.29, 1.82) is 0 Å². The average molecular weight is 415 g/mol. The molecule has 0 saturated heterocycles. The van der Waals surface area contributed by atoms with Gasteiger partial charge in [0.1, 0.15) is 5.15 Å². The molecule has 0 unspecified atom stereocenters. The lowest BCUT2D eigenvalue weighted by Gasteiger charge is -2.12. The minimum absolute atomic E-state index is 0.0197. The third-order valence-corrected chi connectivity index (χ3v) is 4.87. The van der Waals surface area contributed by atoms with E-state index in [-0.39, 0.29) is 32.3 Å². The molecule has 27 heavy (non-hydrogen) atoms. The minimum atomic E-state index is -4.51. The van der Waals surface area contributed by atoms with Crippen molar-refractivity contribution >= 4 is 46.3 Å². The fraction of sp³-hybridized carbons (Fsp3) is 0.167. The van der Waals surface area contributed by atoms with Gasteiger partial charge < -0.3 is 0 Å². The number of fused-ring (bicyclic) bond motifs is 1. The molecule has 1 aromatic carbocycles. The summed E-state index contributed by atoms with van der Waals surface area (Å²) in [4.78, 5) is 27.9. The van der Waals surface area contributed by atoms with E-state index in [4.69, 9.17) is 23.2 Å². The maximum Gasteiger partial charge on any atom is 0.416 e. The van der Waals surface area contributed by atoms with E-state index in [0.717, 1.165) is 18.3 Å². The second-order valence-corrected chi connectivity index (χ2v) is 6.72. The van der Waals surface area contributed by atoms with E-state index < -0.39 is 17.6 Å². The van der Waals surface area contributed by atoms with Crippen LogP contribution in [0.3, 0.4) is 0 Å². The van der Waals surface area contributed by atoms with E-state index in [1.54, 1.807) is 6.92 Å². The highest BCUT2D eigenvalue weighted by atomic mass is 35.5. The lowest BCUT2D eigenvalue weighted by atomic mass is 10.0. The van der Waals surface area contributed by atoms with Crippen molar-refractivity contribution in [2.24, 2.45) is 0 Å². The molecule has 0 saturated carbocycles. The molecule has 0 N–H and O–H groups in total. The van der Waals surface area contributed by atoms with Crippen LogP contribution in [0.15, 0.2) is 24.5 Å². The SMILES string of the molecule is Cc1cn(C(=O)c2c(Cl)ncc(C=O)c2Cl)c2c(C)cc(C(F)(F)F)cc12. The highest BCUT2D eigenvalue weighted by Gasteiger charge is 2.32. The van der Waals surface area contributed by atoms with Crippen LogP contribution in [0.1, 0.15) is 37.4 Å². The van der Waals surface area contributed by atoms with Crippen LogP contribution in [0.5, 0.6) is 0 Å². The van der Waals surface area contributed by atoms with Crippen molar-refractivity contribution in [1.82, 2.24) is 9.55 Å². The standard InChI is InChI=1S/C18H11Cl2F3N2O2/c1-8-3-11(18(21,22)23)4-12-9(2)6-25(15(8)12)17(27)13-14(19)10(7-26)5-24-16(13)20/h3-7H,1-2H3. The van der Waals surface area contributed by atoms with Crippen molar-refractivity contribution in [2.45, 2.75) is 20.0 Å². The molecular weight excluding hydrogens is 404 g/mol. The number of hydrogen-bond donors (Lipinski definition) is 0. The van der Waals surface area contributed by atoms with Crippen LogP contribution in [0.4, 0.5) is 13.2 Å². The highest BCUT2D eigenvalue weighted by molar-refractivity contribution is 6.40. The zero-order valence-electron chi connectivity index (χ0n) is 14.0. The van der Waals surface area contributed by atoms with Gasteiger partial charge in [-0.3, -0.25) is 14.2 Å². The Kier molecular flexibility index (Phi) is 4.78. The van der Waals surface area contributed by atoms with Crippen LogP contribution >= 0.6 is 23.2 Å². The Bertz CT molecular complexity index is 1100. The van der Waals surface area contributed by atoms with Gasteiger partial charge in [-0.25, -0.2) is 4.98 Å². The fourth-order valence-electron chi connectivity index (χ4n) is 2.92. The number of hydrogen-bond acceptors (Lipinski definition) is 3. The van der Waals surface area contributed by atoms with Crippen LogP contribution in [-0.2, 0) is 6.18 Å². The third-order valence-electron chi connectivity index (χ3n) is 4.17. The molecule has 0 spiro atoms. The van der Waals surface area contributed by atoms with Crippen LogP contribution in [0.2, 0.25) is 10.2 Å². The fourth-order valence-corrected chi connectivity index (χ4v) is 3.45. The van der Waals surface area contributed by atoms with Crippen molar-refractivity contribution in [3.63, 3.8) is 0 Å². The summed E-state index contributed by atoms with van der Waals surface area (Å²) in [6, 6.07) is 1.96. The summed E-state index contributed by atoms with van der Waals surface area (Å²) < 4.78 is 40.5. The van der Waals surface area contributed by atoms with E-state index in [1.165, 1.54) is 17.7 Å². The number of pyridine rings is 1. The maximum atomic E-state index is 13.1. The van der Waals surface area contributed by atoms with Crippen molar-refractivity contribution in [3.05, 3.63) is 62.5 Å². The lowest BCUT2D eigenvalue weighted by molar-refractivity contribution is -0.137. The highest BCUT2D eigenvalue weighted by Crippen LogP contribution is 2.36. The Hall–Kier alpha value is -2.38. The second-order valence-electron chi connectivity index (χ2n) is 5.99. The Morgan fingerprint density at radius 1 is 1.19 bits per heavy atom. The third kappa shape index (κ3) is 3.21. The molecule has 2 aromatic heterocycles. The first-order chi connectivity index (χ1) is 12.6. The molecule has 0 amide bonds. The summed E-state index contributed by atoms with van der Waals surface area (Å²) in [7, 11) is 0. The van der Waals surface area contributed by atoms with Crippen LogP contribution in [-0.4, -0.2) is 21.7 Å². The molecule has 4 nitrogen and oxygen atoms in total. The number of rotatable bonds is 2. The van der Waals surface area contributed by atoms with Gasteiger partial charge in [-0.2, -0.15) is 13.2 Å². The Labute approximate surface area is 161 Å². The van der Waals surface area contributed by atoms with Gasteiger partial charge in [0.2, 0.25) is 0 Å². The first-order valence-corrected chi connectivity index (χ1v) is 8.35. The summed E-state index contributed by atoms with van der Waals surface area (Å²) >= 11 is 12.1. The molecule has 0 aliphatic heterocycles. The average Bonchev–Trinajstić information content (AvgIpc) is 2.92. The molecule has 3 rings (SSSR count). The molecule has 0 radical (unpaired) electrons. The number of carbonyl (C=O) groups is 2. The maximum absolute atomic E-state index is 13.1. The first-order valence-electron chi connectivity index (χ1n) is 7.59. The predicted molar refractivity (Wildman–Crippen MR) is 95.8 cm³/mol. The van der Waals surface area contributed by atoms with Gasteiger partial charge in [0.15, 0.2) is 6.29 Å². The van der Waals surface area contributed by atoms with Crippen LogP contribution in [0, 0.1) is 13.8 Å². The van der Waals surface area contributed by atoms with Gasteiger partial charge in [0, 0.05) is 17.8 Å². The van der Waals surface area contributed by atoms with Crippen molar-refractivity contribution in [3.8, 4) is 0 Å². The van der Waals surface area contributed by atoms with Crippen LogP contribution in [0.25, 0.3) is 10.9 Å². The lowest BCUT2D eigenvalue weighted by Crippen LogP contribution is -2.14. The summed E-state index contributed by atoms with van der Waals surface area (Å²) in [6.45, 7) is 3.07. The second kappa shape index (κ2) is 6.65. The van der Waals surface area contributed by atoms with Gasteiger partial charge in [0.05, 0.1) is 27.2 Å². The van der Waals surface area contributed by atoms with Gasteiger partial charge in [-0.15, -0.1) is 0 Å². The molecule has 0 fully saturated rings. The molecule has 9 heteroatoms. The summed E-state index contributed by atoms with van der Waals surface area (Å²) in [5.74, 6) is -0.692. The molecular formula is C18H11Cl2F3N2O2. The Morgan fingerprint density at radius 2 is 1.85 bits per heavy atom. The predicted octanol–water partition coefficient (Wildman–Crippen LogP) is 5.48. The molecule has 3 aromatic rings. The van der Waals surface area contributed by atoms with Crippen molar-refractivity contribution < 1.29 is 22.8 Å². The van der Waals surface area contributed by atoms with Gasteiger partial charge in [0.25, 0.3) is 5.91 Å². The van der Waals surface area contributed by atoms with Gasteiger partial charge in [-0.05, 0) is 37.1 Å². The van der Waals surface area contributed by atoms with Crippen LogP contribution < -0.4 is 0 Å². The van der Waals surface area contributed by atoms with E-state index in [2.05, 4.69) is 4.98 Å². The number of aromatic nitrogens is 2. The largest absolute Gasteiger partial charge is 0.416 e. The molecule has 0 aliphatic carbocycles. The summed E-state index contributed by atoms with van der Waals surface area (Å²) in [5.41, 5.74) is 0.00995. The van der Waals surface area contributed by atoms with Gasteiger partial charge >= 0.3 is 6.18 Å². The number of carbonyl (C=O) groups excluding carboxylic acids is 2. The van der Waals surface area contributed by atoms with E-state index in [0.29, 0.717) is 17.4 Å². The Morgan fingerprint density at radius 3 is 2.44 bits per heavy atom. The molecule has 2 heterocycles. The molecule has 140 valence electrons. The molecule has 0 aliphatic rings. The zero-order chi connectivity index (χ0) is 20.1. The molecule has 0 bridgehead atoms. The zero-order valence-corrected chi connectivity index (χ0v) is 15.5. The van der Waals surface area contributed by atoms with Crippen molar-refractivity contribution in [2.75, 3.05) is 0 Å². The topological polar surface area (TPSA) is 52.0 Å². The summed E-state index contributed by atoms with van der Waals surface area (Å²) in [6.07, 6.45) is -1.54. The number of aldehydes is 1. The van der Waals surface area contributed by atoms with Gasteiger partial charge in [-0.1, -0.05) is 23.2 Å². The van der Waals surface area contributed by atoms with E-state index in [9.17, 15) is 22.8 Å². The monoisotopic (exact) mass is 414 g/mol. The van der Waals surface area contributed by atoms with E-state index >= 15 is 0 Å². The van der Waals surface area contributed by atoms with E-state index in [1.807, 2.05) is 0 Å². The molecule has 0 atom stereocenters. The normalized spacial score (nSPS) is 11.8. The number of nitrogens with zero attached hydrogens (tertiary/aromatic N) is 2. The number of aryl methyl sites for hydroxylation is 2. The minimum Gasteiger partial charge on any atom is -0.298 e. The quantitative estimate of drug-likeness (QED) is 0.412. The first kappa shape index (κ1) is 19.4. The number of halogens is 5. The summed E-state index contributed by atoms with van der Waals surface area (Å²) in [5, 5.41) is -0.0962.